The second-order valence-electron chi connectivity index (χ2n) is 5.07. The maximum Gasteiger partial charge on any atom is 0.0428 e. The number of thiophene rings is 2. The van der Waals surface area contributed by atoms with Crippen molar-refractivity contribution in [2.45, 2.75) is 0 Å². The van der Waals surface area contributed by atoms with Gasteiger partial charge in [-0.3, -0.25) is 0 Å². The highest BCUT2D eigenvalue weighted by molar-refractivity contribution is 7.20. The first-order chi connectivity index (χ1) is 9.92. The molecule has 2 heteroatoms. The number of rotatable bonds is 0. The van der Waals surface area contributed by atoms with Crippen molar-refractivity contribution < 1.29 is 0 Å². The second-order valence-corrected chi connectivity index (χ2v) is 6.90. The van der Waals surface area contributed by atoms with Gasteiger partial charge in [-0.15, -0.1) is 22.7 Å². The molecule has 2 aromatic heterocycles. The minimum atomic E-state index is 1.32. The minimum absolute atomic E-state index is 1.32. The van der Waals surface area contributed by atoms with Crippen LogP contribution in [-0.2, 0) is 0 Å². The Morgan fingerprint density at radius 1 is 0.550 bits per heavy atom. The minimum Gasteiger partial charge on any atom is -0.143 e. The zero-order chi connectivity index (χ0) is 13.1. The van der Waals surface area contributed by atoms with Crippen molar-refractivity contribution in [2.24, 2.45) is 0 Å². The molecule has 0 amide bonds. The summed E-state index contributed by atoms with van der Waals surface area (Å²) in [5, 5.41) is 12.6. The van der Waals surface area contributed by atoms with Gasteiger partial charge in [-0.05, 0) is 45.8 Å². The molecule has 2 heterocycles. The Kier molecular flexibility index (Phi) is 2.07. The third-order valence-corrected chi connectivity index (χ3v) is 5.89. The molecule has 0 fully saturated rings. The molecule has 5 rings (SSSR count). The molecule has 0 atom stereocenters. The summed E-state index contributed by atoms with van der Waals surface area (Å²) < 4.78 is 2.83. The largest absolute Gasteiger partial charge is 0.143 e. The van der Waals surface area contributed by atoms with E-state index < -0.39 is 0 Å². The number of hydrogen-bond acceptors (Lipinski definition) is 2. The highest BCUT2D eigenvalue weighted by Gasteiger charge is 2.11. The molecule has 0 unspecified atom stereocenters. The van der Waals surface area contributed by atoms with Gasteiger partial charge >= 0.3 is 0 Å². The predicted molar refractivity (Wildman–Crippen MR) is 92.2 cm³/mol. The summed E-state index contributed by atoms with van der Waals surface area (Å²) in [6.45, 7) is 0. The third-order valence-electron chi connectivity index (χ3n) is 4.00. The number of hydrogen-bond donors (Lipinski definition) is 0. The van der Waals surface area contributed by atoms with Crippen LogP contribution in [-0.4, -0.2) is 0 Å². The van der Waals surface area contributed by atoms with E-state index in [0.29, 0.717) is 0 Å². The molecule has 0 aliphatic rings. The molecule has 0 nitrogen and oxygen atoms in total. The van der Waals surface area contributed by atoms with Gasteiger partial charge < -0.3 is 0 Å². The van der Waals surface area contributed by atoms with E-state index in [1.165, 1.54) is 41.7 Å². The van der Waals surface area contributed by atoms with E-state index in [1.807, 2.05) is 22.7 Å². The fourth-order valence-corrected chi connectivity index (χ4v) is 4.96. The molecule has 0 bridgehead atoms. The predicted octanol–water partition coefficient (Wildman–Crippen LogP) is 6.42. The van der Waals surface area contributed by atoms with Gasteiger partial charge in [0.15, 0.2) is 0 Å². The van der Waals surface area contributed by atoms with Crippen LogP contribution in [0.5, 0.6) is 0 Å². The van der Waals surface area contributed by atoms with Crippen molar-refractivity contribution in [1.82, 2.24) is 0 Å². The molecule has 0 spiro atoms. The Bertz CT molecular complexity index is 1010. The monoisotopic (exact) mass is 290 g/mol. The Balaban J connectivity index is 2.19. The van der Waals surface area contributed by atoms with Crippen molar-refractivity contribution in [2.75, 3.05) is 0 Å². The van der Waals surface area contributed by atoms with Crippen LogP contribution in [0, 0.1) is 0 Å². The van der Waals surface area contributed by atoms with Gasteiger partial charge in [0.25, 0.3) is 0 Å². The average Bonchev–Trinajstić information content (AvgIpc) is 3.14. The van der Waals surface area contributed by atoms with Gasteiger partial charge in [0.05, 0.1) is 0 Å². The van der Waals surface area contributed by atoms with Gasteiger partial charge in [-0.2, -0.15) is 0 Å². The van der Waals surface area contributed by atoms with Crippen LogP contribution in [0.1, 0.15) is 0 Å². The van der Waals surface area contributed by atoms with Gasteiger partial charge in [0.2, 0.25) is 0 Å². The van der Waals surface area contributed by atoms with Crippen LogP contribution in [0.25, 0.3) is 41.7 Å². The molecule has 0 radical (unpaired) electrons. The standard InChI is InChI=1S/C18H10S2/c1-2-4-12-10-16-15(9-11(12)3-1)17-13(5-7-19-17)14-6-8-20-18(14)16/h1-10H. The van der Waals surface area contributed by atoms with Crippen LogP contribution in [0.15, 0.2) is 59.3 Å². The lowest BCUT2D eigenvalue weighted by atomic mass is 10.0. The van der Waals surface area contributed by atoms with Crippen LogP contribution >= 0.6 is 22.7 Å². The Morgan fingerprint density at radius 3 is 1.55 bits per heavy atom. The SMILES string of the molecule is c1ccc2cc3c(cc2c1)c1sccc1c1ccsc13. The Labute approximate surface area is 123 Å². The number of benzene rings is 3. The van der Waals surface area contributed by atoms with Crippen molar-refractivity contribution in [3.05, 3.63) is 59.3 Å². The first kappa shape index (κ1) is 10.8. The van der Waals surface area contributed by atoms with E-state index in [-0.39, 0.29) is 0 Å². The molecule has 94 valence electrons. The Hall–Kier alpha value is -1.90. The summed E-state index contributed by atoms with van der Waals surface area (Å²) in [5.41, 5.74) is 0. The second kappa shape index (κ2) is 3.81. The van der Waals surface area contributed by atoms with Crippen molar-refractivity contribution in [3.8, 4) is 0 Å². The van der Waals surface area contributed by atoms with E-state index in [1.54, 1.807) is 0 Å². The maximum absolute atomic E-state index is 2.35. The topological polar surface area (TPSA) is 0 Å². The van der Waals surface area contributed by atoms with Crippen LogP contribution < -0.4 is 0 Å². The highest BCUT2D eigenvalue weighted by atomic mass is 32.1. The van der Waals surface area contributed by atoms with E-state index in [9.17, 15) is 0 Å². The number of fused-ring (bicyclic) bond motifs is 7. The molecule has 0 aliphatic carbocycles. The smallest absolute Gasteiger partial charge is 0.0428 e. The van der Waals surface area contributed by atoms with Crippen molar-refractivity contribution in [3.63, 3.8) is 0 Å². The molecule has 3 aromatic carbocycles. The lowest BCUT2D eigenvalue weighted by Crippen LogP contribution is -1.78. The summed E-state index contributed by atoms with van der Waals surface area (Å²) in [4.78, 5) is 0. The first-order valence-electron chi connectivity index (χ1n) is 6.61. The molecular formula is C18H10S2. The molecule has 5 aromatic rings. The lowest BCUT2D eigenvalue weighted by Gasteiger charge is -2.06. The van der Waals surface area contributed by atoms with Crippen molar-refractivity contribution in [1.29, 1.82) is 0 Å². The fraction of sp³-hybridized carbons (Fsp3) is 0. The van der Waals surface area contributed by atoms with E-state index in [4.69, 9.17) is 0 Å². The lowest BCUT2D eigenvalue weighted by molar-refractivity contribution is 1.81. The first-order valence-corrected chi connectivity index (χ1v) is 8.37. The average molecular weight is 290 g/mol. The zero-order valence-corrected chi connectivity index (χ0v) is 12.2. The molecule has 0 N–H and O–H groups in total. The van der Waals surface area contributed by atoms with Crippen molar-refractivity contribution >= 4 is 64.4 Å². The van der Waals surface area contributed by atoms with Crippen LogP contribution in [0.3, 0.4) is 0 Å². The third kappa shape index (κ3) is 1.30. The summed E-state index contributed by atoms with van der Waals surface area (Å²) in [6, 6.07) is 17.8. The van der Waals surface area contributed by atoms with Gasteiger partial charge in [-0.25, -0.2) is 0 Å². The molecule has 0 saturated heterocycles. The van der Waals surface area contributed by atoms with Gasteiger partial charge in [0, 0.05) is 30.9 Å². The molecule has 20 heavy (non-hydrogen) atoms. The van der Waals surface area contributed by atoms with Crippen LogP contribution in [0.2, 0.25) is 0 Å². The molecular weight excluding hydrogens is 280 g/mol. The highest BCUT2D eigenvalue weighted by Crippen LogP contribution is 2.41. The van der Waals surface area contributed by atoms with E-state index in [0.717, 1.165) is 0 Å². The zero-order valence-electron chi connectivity index (χ0n) is 10.6. The van der Waals surface area contributed by atoms with E-state index in [2.05, 4.69) is 59.3 Å². The maximum atomic E-state index is 2.35. The van der Waals surface area contributed by atoms with E-state index >= 15 is 0 Å². The summed E-state index contributed by atoms with van der Waals surface area (Å²) in [7, 11) is 0. The summed E-state index contributed by atoms with van der Waals surface area (Å²) >= 11 is 3.70. The molecule has 0 saturated carbocycles. The quantitative estimate of drug-likeness (QED) is 0.289. The summed E-state index contributed by atoms with van der Waals surface area (Å²) in [6.07, 6.45) is 0. The van der Waals surface area contributed by atoms with Gasteiger partial charge in [-0.1, -0.05) is 24.3 Å². The van der Waals surface area contributed by atoms with Gasteiger partial charge in [0.1, 0.15) is 0 Å². The molecule has 0 aliphatic heterocycles. The van der Waals surface area contributed by atoms with Crippen LogP contribution in [0.4, 0.5) is 0 Å². The fourth-order valence-electron chi connectivity index (χ4n) is 3.08. The Morgan fingerprint density at radius 2 is 1.05 bits per heavy atom. The summed E-state index contributed by atoms with van der Waals surface area (Å²) in [5.74, 6) is 0. The normalized spacial score (nSPS) is 12.0.